The van der Waals surface area contributed by atoms with Crippen LogP contribution in [-0.4, -0.2) is 12.5 Å². The first-order valence-electron chi connectivity index (χ1n) is 6.84. The van der Waals surface area contributed by atoms with Crippen LogP contribution in [0.15, 0.2) is 24.3 Å². The Morgan fingerprint density at radius 3 is 3.00 bits per heavy atom. The summed E-state index contributed by atoms with van der Waals surface area (Å²) in [5.41, 5.74) is 8.27. The zero-order valence-electron chi connectivity index (χ0n) is 11.0. The highest BCUT2D eigenvalue weighted by atomic mass is 16.1. The molecule has 0 bridgehead atoms. The summed E-state index contributed by atoms with van der Waals surface area (Å²) in [7, 11) is 0. The van der Waals surface area contributed by atoms with E-state index in [1.165, 1.54) is 11.1 Å². The fourth-order valence-electron chi connectivity index (χ4n) is 2.65. The molecule has 3 nitrogen and oxygen atoms in total. The lowest BCUT2D eigenvalue weighted by Gasteiger charge is -2.27. The van der Waals surface area contributed by atoms with E-state index in [-0.39, 0.29) is 17.9 Å². The number of amides is 1. The van der Waals surface area contributed by atoms with Gasteiger partial charge in [0.25, 0.3) is 0 Å². The van der Waals surface area contributed by atoms with Crippen molar-refractivity contribution in [2.45, 2.75) is 38.6 Å². The van der Waals surface area contributed by atoms with Gasteiger partial charge in [-0.3, -0.25) is 4.79 Å². The summed E-state index contributed by atoms with van der Waals surface area (Å²) in [6.07, 6.45) is 4.10. The molecule has 1 aliphatic carbocycles. The van der Waals surface area contributed by atoms with Gasteiger partial charge in [-0.2, -0.15) is 0 Å². The SMILES string of the molecule is CCC(CN)C(=O)NC1CCCc2ccccc21. The summed E-state index contributed by atoms with van der Waals surface area (Å²) < 4.78 is 0. The number of benzene rings is 1. The molecular weight excluding hydrogens is 224 g/mol. The molecule has 3 heteroatoms. The van der Waals surface area contributed by atoms with Crippen LogP contribution in [0.1, 0.15) is 43.4 Å². The van der Waals surface area contributed by atoms with Crippen LogP contribution in [0.4, 0.5) is 0 Å². The molecule has 0 spiro atoms. The molecule has 3 N–H and O–H groups in total. The van der Waals surface area contributed by atoms with Crippen molar-refractivity contribution in [1.29, 1.82) is 0 Å². The van der Waals surface area contributed by atoms with Gasteiger partial charge in [-0.15, -0.1) is 0 Å². The van der Waals surface area contributed by atoms with Gasteiger partial charge in [0.1, 0.15) is 0 Å². The summed E-state index contributed by atoms with van der Waals surface area (Å²) in [4.78, 5) is 12.1. The first-order valence-corrected chi connectivity index (χ1v) is 6.84. The monoisotopic (exact) mass is 246 g/mol. The summed E-state index contributed by atoms with van der Waals surface area (Å²) in [5, 5.41) is 3.16. The molecule has 2 rings (SSSR count). The third kappa shape index (κ3) is 2.72. The number of carbonyl (C=O) groups is 1. The van der Waals surface area contributed by atoms with Gasteiger partial charge >= 0.3 is 0 Å². The van der Waals surface area contributed by atoms with Gasteiger partial charge in [0.15, 0.2) is 0 Å². The van der Waals surface area contributed by atoms with Gasteiger partial charge in [0.2, 0.25) is 5.91 Å². The second-order valence-electron chi connectivity index (χ2n) is 4.99. The first kappa shape index (κ1) is 13.1. The second kappa shape index (κ2) is 6.01. The zero-order chi connectivity index (χ0) is 13.0. The second-order valence-corrected chi connectivity index (χ2v) is 4.99. The predicted octanol–water partition coefficient (Wildman–Crippen LogP) is 2.17. The van der Waals surface area contributed by atoms with Crippen LogP contribution in [0, 0.1) is 5.92 Å². The normalized spacial score (nSPS) is 20.0. The Hall–Kier alpha value is -1.35. The lowest BCUT2D eigenvalue weighted by molar-refractivity contribution is -0.125. The van der Waals surface area contributed by atoms with Crippen LogP contribution in [0.5, 0.6) is 0 Å². The maximum absolute atomic E-state index is 12.1. The van der Waals surface area contributed by atoms with Crippen molar-refractivity contribution < 1.29 is 4.79 Å². The van der Waals surface area contributed by atoms with Crippen LogP contribution in [-0.2, 0) is 11.2 Å². The van der Waals surface area contributed by atoms with Crippen molar-refractivity contribution in [2.75, 3.05) is 6.54 Å². The maximum Gasteiger partial charge on any atom is 0.224 e. The molecule has 0 radical (unpaired) electrons. The van der Waals surface area contributed by atoms with Crippen LogP contribution < -0.4 is 11.1 Å². The molecule has 0 aliphatic heterocycles. The average Bonchev–Trinajstić information content (AvgIpc) is 2.40. The summed E-state index contributed by atoms with van der Waals surface area (Å²) in [5.74, 6) is 0.0424. The molecule has 0 aromatic heterocycles. The number of fused-ring (bicyclic) bond motifs is 1. The summed E-state index contributed by atoms with van der Waals surface area (Å²) in [6.45, 7) is 2.43. The molecule has 0 fully saturated rings. The van der Waals surface area contributed by atoms with E-state index in [0.29, 0.717) is 6.54 Å². The molecule has 1 aromatic rings. The minimum Gasteiger partial charge on any atom is -0.349 e. The molecule has 2 atom stereocenters. The van der Waals surface area contributed by atoms with Crippen molar-refractivity contribution in [2.24, 2.45) is 11.7 Å². The van der Waals surface area contributed by atoms with Gasteiger partial charge in [-0.25, -0.2) is 0 Å². The molecule has 0 saturated heterocycles. The molecule has 98 valence electrons. The maximum atomic E-state index is 12.1. The smallest absolute Gasteiger partial charge is 0.224 e. The summed E-state index contributed by atoms with van der Waals surface area (Å²) in [6, 6.07) is 8.57. The number of rotatable bonds is 4. The largest absolute Gasteiger partial charge is 0.349 e. The number of hydrogen-bond acceptors (Lipinski definition) is 2. The van der Waals surface area contributed by atoms with Gasteiger partial charge < -0.3 is 11.1 Å². The van der Waals surface area contributed by atoms with E-state index < -0.39 is 0 Å². The topological polar surface area (TPSA) is 55.1 Å². The van der Waals surface area contributed by atoms with Crippen molar-refractivity contribution in [3.63, 3.8) is 0 Å². The summed E-state index contributed by atoms with van der Waals surface area (Å²) >= 11 is 0. The van der Waals surface area contributed by atoms with Crippen LogP contribution in [0.3, 0.4) is 0 Å². The molecular formula is C15H22N2O. The van der Waals surface area contributed by atoms with Gasteiger partial charge in [-0.05, 0) is 36.8 Å². The minimum absolute atomic E-state index is 0.0564. The Morgan fingerprint density at radius 1 is 1.50 bits per heavy atom. The molecule has 2 unspecified atom stereocenters. The van der Waals surface area contributed by atoms with Crippen molar-refractivity contribution in [3.05, 3.63) is 35.4 Å². The van der Waals surface area contributed by atoms with Crippen LogP contribution >= 0.6 is 0 Å². The number of carbonyl (C=O) groups excluding carboxylic acids is 1. The lowest BCUT2D eigenvalue weighted by atomic mass is 9.87. The third-order valence-corrected chi connectivity index (χ3v) is 3.83. The molecule has 0 saturated carbocycles. The molecule has 1 aromatic carbocycles. The van der Waals surface area contributed by atoms with Crippen LogP contribution in [0.2, 0.25) is 0 Å². The van der Waals surface area contributed by atoms with E-state index in [9.17, 15) is 4.79 Å². The fraction of sp³-hybridized carbons (Fsp3) is 0.533. The van der Waals surface area contributed by atoms with Gasteiger partial charge in [0.05, 0.1) is 6.04 Å². The number of hydrogen-bond donors (Lipinski definition) is 2. The van der Waals surface area contributed by atoms with Crippen molar-refractivity contribution >= 4 is 5.91 Å². The minimum atomic E-state index is -0.0564. The Kier molecular flexibility index (Phi) is 4.37. The van der Waals surface area contributed by atoms with Gasteiger partial charge in [0, 0.05) is 12.5 Å². The lowest BCUT2D eigenvalue weighted by Crippen LogP contribution is -2.38. The first-order chi connectivity index (χ1) is 8.76. The van der Waals surface area contributed by atoms with E-state index in [4.69, 9.17) is 5.73 Å². The molecule has 18 heavy (non-hydrogen) atoms. The number of aryl methyl sites for hydroxylation is 1. The zero-order valence-corrected chi connectivity index (χ0v) is 11.0. The van der Waals surface area contributed by atoms with E-state index in [0.717, 1.165) is 25.7 Å². The Bertz CT molecular complexity index is 413. The quantitative estimate of drug-likeness (QED) is 0.855. The van der Waals surface area contributed by atoms with Crippen molar-refractivity contribution in [3.8, 4) is 0 Å². The molecule has 0 heterocycles. The standard InChI is InChI=1S/C15H22N2O/c1-2-11(10-16)15(18)17-14-9-5-7-12-6-3-4-8-13(12)14/h3-4,6,8,11,14H,2,5,7,9-10,16H2,1H3,(H,17,18). The fourth-order valence-corrected chi connectivity index (χ4v) is 2.65. The van der Waals surface area contributed by atoms with E-state index >= 15 is 0 Å². The predicted molar refractivity (Wildman–Crippen MR) is 73.1 cm³/mol. The van der Waals surface area contributed by atoms with Crippen molar-refractivity contribution in [1.82, 2.24) is 5.32 Å². The van der Waals surface area contributed by atoms with Gasteiger partial charge in [-0.1, -0.05) is 31.2 Å². The number of nitrogens with one attached hydrogen (secondary N) is 1. The third-order valence-electron chi connectivity index (χ3n) is 3.83. The Morgan fingerprint density at radius 2 is 2.28 bits per heavy atom. The van der Waals surface area contributed by atoms with Crippen LogP contribution in [0.25, 0.3) is 0 Å². The Balaban J connectivity index is 2.09. The highest BCUT2D eigenvalue weighted by Gasteiger charge is 2.23. The molecule has 1 aliphatic rings. The van der Waals surface area contributed by atoms with E-state index in [1.54, 1.807) is 0 Å². The molecule has 1 amide bonds. The number of nitrogens with two attached hydrogens (primary N) is 1. The van der Waals surface area contributed by atoms with E-state index in [1.807, 2.05) is 13.0 Å². The Labute approximate surface area is 109 Å². The average molecular weight is 246 g/mol. The van der Waals surface area contributed by atoms with E-state index in [2.05, 4.69) is 23.5 Å². The highest BCUT2D eigenvalue weighted by Crippen LogP contribution is 2.29. The highest BCUT2D eigenvalue weighted by molar-refractivity contribution is 5.79.